The first-order valence-corrected chi connectivity index (χ1v) is 11.1. The smallest absolute Gasteiger partial charge is 0.101 e. The molecule has 0 amide bonds. The summed E-state index contributed by atoms with van der Waals surface area (Å²) in [7, 11) is 0. The summed E-state index contributed by atoms with van der Waals surface area (Å²) in [6, 6.07) is 0. The molecule has 0 saturated carbocycles. The highest BCUT2D eigenvalue weighted by atomic mass is 16.5. The summed E-state index contributed by atoms with van der Waals surface area (Å²) in [5.74, 6) is 0. The fraction of sp³-hybridized carbons (Fsp3) is 1.00. The van der Waals surface area contributed by atoms with Gasteiger partial charge in [0.05, 0.1) is 24.4 Å². The molecule has 0 radical (unpaired) electrons. The average molecular weight is 423 g/mol. The second-order valence-electron chi connectivity index (χ2n) is 8.73. The van der Waals surface area contributed by atoms with E-state index in [-0.39, 0.29) is 37.6 Å². The number of hydrogen-bond donors (Lipinski definition) is 3. The molecule has 0 aliphatic heterocycles. The Balaban J connectivity index is 3.62. The lowest BCUT2D eigenvalue weighted by Crippen LogP contribution is -2.28. The van der Waals surface area contributed by atoms with Crippen LogP contribution in [-0.2, 0) is 18.9 Å². The van der Waals surface area contributed by atoms with Crippen LogP contribution in [0, 0.1) is 0 Å². The Kier molecular flexibility index (Phi) is 17.2. The van der Waals surface area contributed by atoms with Crippen LogP contribution < -0.4 is 0 Å². The van der Waals surface area contributed by atoms with Crippen LogP contribution in [0.4, 0.5) is 0 Å². The van der Waals surface area contributed by atoms with Crippen LogP contribution in [0.1, 0.15) is 72.6 Å². The Bertz CT molecular complexity index is 361. The number of hydrogen-bond acceptors (Lipinski definition) is 7. The maximum Gasteiger partial charge on any atom is 0.101 e. The van der Waals surface area contributed by atoms with E-state index >= 15 is 0 Å². The third-order valence-electron chi connectivity index (χ3n) is 4.60. The number of aliphatic hydroxyl groups is 3. The van der Waals surface area contributed by atoms with Crippen molar-refractivity contribution in [3.63, 3.8) is 0 Å². The molecule has 7 nitrogen and oxygen atoms in total. The maximum atomic E-state index is 9.76. The summed E-state index contributed by atoms with van der Waals surface area (Å²) < 4.78 is 22.7. The zero-order valence-electron chi connectivity index (χ0n) is 19.2. The number of ether oxygens (including phenoxy) is 4. The highest BCUT2D eigenvalue weighted by molar-refractivity contribution is 4.71. The summed E-state index contributed by atoms with van der Waals surface area (Å²) in [4.78, 5) is 0. The van der Waals surface area contributed by atoms with Crippen molar-refractivity contribution in [3.8, 4) is 0 Å². The van der Waals surface area contributed by atoms with Crippen LogP contribution in [0.5, 0.6) is 0 Å². The minimum atomic E-state index is -0.622. The van der Waals surface area contributed by atoms with Crippen molar-refractivity contribution >= 4 is 0 Å². The predicted octanol–water partition coefficient (Wildman–Crippen LogP) is 2.69. The van der Waals surface area contributed by atoms with Gasteiger partial charge in [0.15, 0.2) is 0 Å². The second-order valence-corrected chi connectivity index (χ2v) is 8.73. The zero-order valence-corrected chi connectivity index (χ0v) is 19.2. The summed E-state index contributed by atoms with van der Waals surface area (Å²) in [5.41, 5.74) is -0.402. The summed E-state index contributed by atoms with van der Waals surface area (Å²) >= 11 is 0. The first-order chi connectivity index (χ1) is 13.7. The molecule has 1 unspecified atom stereocenters. The zero-order chi connectivity index (χ0) is 22.0. The van der Waals surface area contributed by atoms with Crippen molar-refractivity contribution in [1.82, 2.24) is 0 Å². The van der Waals surface area contributed by atoms with Crippen LogP contribution in [0.15, 0.2) is 0 Å². The number of aliphatic hydroxyl groups excluding tert-OH is 3. The first-order valence-electron chi connectivity index (χ1n) is 11.1. The van der Waals surface area contributed by atoms with Crippen LogP contribution in [0.3, 0.4) is 0 Å². The third-order valence-corrected chi connectivity index (χ3v) is 4.60. The summed E-state index contributed by atoms with van der Waals surface area (Å²) in [5, 5.41) is 27.4. The van der Waals surface area contributed by atoms with Gasteiger partial charge in [-0.2, -0.15) is 0 Å². The molecule has 0 aromatic rings. The van der Waals surface area contributed by atoms with E-state index in [9.17, 15) is 5.11 Å². The van der Waals surface area contributed by atoms with Crippen molar-refractivity contribution in [2.75, 3.05) is 52.9 Å². The lowest BCUT2D eigenvalue weighted by atomic mass is 10.0. The van der Waals surface area contributed by atoms with Crippen LogP contribution in [0.2, 0.25) is 0 Å². The SMILES string of the molecule is CC(C)(CCCO)OCCCC(C)(C)OCCCOCC(O)COCCCCO. The Labute approximate surface area is 177 Å². The van der Waals surface area contributed by atoms with Gasteiger partial charge >= 0.3 is 0 Å². The molecular weight excluding hydrogens is 376 g/mol. The molecule has 29 heavy (non-hydrogen) atoms. The largest absolute Gasteiger partial charge is 0.396 e. The van der Waals surface area contributed by atoms with E-state index in [2.05, 4.69) is 27.7 Å². The number of unbranched alkanes of at least 4 members (excludes halogenated alkanes) is 1. The van der Waals surface area contributed by atoms with E-state index in [1.54, 1.807) is 0 Å². The van der Waals surface area contributed by atoms with Gasteiger partial charge in [-0.1, -0.05) is 0 Å². The lowest BCUT2D eigenvalue weighted by Gasteiger charge is -2.28. The molecule has 0 aromatic heterocycles. The van der Waals surface area contributed by atoms with Gasteiger partial charge in [-0.15, -0.1) is 0 Å². The molecule has 0 bridgehead atoms. The van der Waals surface area contributed by atoms with E-state index in [1.807, 2.05) is 0 Å². The van der Waals surface area contributed by atoms with E-state index in [0.717, 1.165) is 44.9 Å². The fourth-order valence-electron chi connectivity index (χ4n) is 2.81. The van der Waals surface area contributed by atoms with Gasteiger partial charge in [-0.3, -0.25) is 0 Å². The topological polar surface area (TPSA) is 97.6 Å². The van der Waals surface area contributed by atoms with Gasteiger partial charge in [0.2, 0.25) is 0 Å². The molecular formula is C22H46O7. The second kappa shape index (κ2) is 17.4. The van der Waals surface area contributed by atoms with E-state index in [4.69, 9.17) is 29.2 Å². The molecule has 0 aliphatic rings. The monoisotopic (exact) mass is 422 g/mol. The molecule has 1 atom stereocenters. The van der Waals surface area contributed by atoms with Crippen molar-refractivity contribution in [3.05, 3.63) is 0 Å². The highest BCUT2D eigenvalue weighted by Gasteiger charge is 2.20. The Morgan fingerprint density at radius 3 is 1.66 bits per heavy atom. The molecule has 7 heteroatoms. The molecule has 0 heterocycles. The van der Waals surface area contributed by atoms with Gasteiger partial charge in [0, 0.05) is 39.6 Å². The standard InChI is InChI=1S/C22H46O7/c1-21(2,10-7-13-24)28-16-8-11-22(3,4)29-17-9-15-27-19-20(25)18-26-14-6-5-12-23/h20,23-25H,5-19H2,1-4H3. The van der Waals surface area contributed by atoms with Crippen LogP contribution >= 0.6 is 0 Å². The molecule has 0 aromatic carbocycles. The molecule has 3 N–H and O–H groups in total. The molecule has 0 aliphatic carbocycles. The Morgan fingerprint density at radius 1 is 0.621 bits per heavy atom. The summed E-state index contributed by atoms with van der Waals surface area (Å²) in [6.07, 6.45) is 5.13. The molecule has 176 valence electrons. The molecule has 0 spiro atoms. The first kappa shape index (κ1) is 28.7. The van der Waals surface area contributed by atoms with Gasteiger partial charge in [0.25, 0.3) is 0 Å². The minimum Gasteiger partial charge on any atom is -0.396 e. The predicted molar refractivity (Wildman–Crippen MR) is 114 cm³/mol. The van der Waals surface area contributed by atoms with Crippen LogP contribution in [0.25, 0.3) is 0 Å². The van der Waals surface area contributed by atoms with Crippen LogP contribution in [-0.4, -0.2) is 85.5 Å². The van der Waals surface area contributed by atoms with Gasteiger partial charge in [-0.05, 0) is 72.6 Å². The number of rotatable bonds is 21. The van der Waals surface area contributed by atoms with Crippen molar-refractivity contribution in [1.29, 1.82) is 0 Å². The third kappa shape index (κ3) is 19.4. The minimum absolute atomic E-state index is 0.172. The van der Waals surface area contributed by atoms with E-state index < -0.39 is 6.10 Å². The quantitative estimate of drug-likeness (QED) is 0.245. The molecule has 0 fully saturated rings. The highest BCUT2D eigenvalue weighted by Crippen LogP contribution is 2.20. The van der Waals surface area contributed by atoms with Crippen molar-refractivity contribution in [2.24, 2.45) is 0 Å². The van der Waals surface area contributed by atoms with Gasteiger partial charge < -0.3 is 34.3 Å². The average Bonchev–Trinajstić information content (AvgIpc) is 2.66. The molecule has 0 saturated heterocycles. The lowest BCUT2D eigenvalue weighted by molar-refractivity contribution is -0.0592. The Morgan fingerprint density at radius 2 is 1.10 bits per heavy atom. The van der Waals surface area contributed by atoms with Gasteiger partial charge in [-0.25, -0.2) is 0 Å². The van der Waals surface area contributed by atoms with E-state index in [1.165, 1.54) is 0 Å². The van der Waals surface area contributed by atoms with Crippen molar-refractivity contribution < 1.29 is 34.3 Å². The summed E-state index contributed by atoms with van der Waals surface area (Å²) in [6.45, 7) is 11.6. The normalized spacial score (nSPS) is 13.8. The maximum absolute atomic E-state index is 9.76. The van der Waals surface area contributed by atoms with Crippen molar-refractivity contribution in [2.45, 2.75) is 89.9 Å². The fourth-order valence-corrected chi connectivity index (χ4v) is 2.81. The Hall–Kier alpha value is -0.280. The van der Waals surface area contributed by atoms with E-state index in [0.29, 0.717) is 26.4 Å². The molecule has 0 rings (SSSR count). The van der Waals surface area contributed by atoms with Gasteiger partial charge in [0.1, 0.15) is 6.10 Å².